The zero-order chi connectivity index (χ0) is 19.6. The lowest BCUT2D eigenvalue weighted by Crippen LogP contribution is -2.31. The van der Waals surface area contributed by atoms with Gasteiger partial charge in [0.25, 0.3) is 5.56 Å². The molecule has 2 aromatic heterocycles. The predicted molar refractivity (Wildman–Crippen MR) is 107 cm³/mol. The Morgan fingerprint density at radius 1 is 1.26 bits per heavy atom. The van der Waals surface area contributed by atoms with E-state index in [-0.39, 0.29) is 6.04 Å². The molecule has 1 unspecified atom stereocenters. The molecule has 1 aromatic carbocycles. The number of benzene rings is 1. The van der Waals surface area contributed by atoms with Crippen molar-refractivity contribution in [1.29, 1.82) is 0 Å². The number of hydrogen-bond donors (Lipinski definition) is 2. The number of H-pyrrole nitrogens is 1. The zero-order valence-corrected chi connectivity index (χ0v) is 16.5. The van der Waals surface area contributed by atoms with Crippen LogP contribution in [0.5, 0.6) is 0 Å². The maximum Gasteiger partial charge on any atom is 0.330 e. The second-order valence-electron chi connectivity index (χ2n) is 6.68. The van der Waals surface area contributed by atoms with Gasteiger partial charge in [-0.15, -0.1) is 0 Å². The molecule has 8 heteroatoms. The third kappa shape index (κ3) is 3.99. The fraction of sp³-hybridized carbons (Fsp3) is 0.421. The van der Waals surface area contributed by atoms with E-state index in [0.29, 0.717) is 35.1 Å². The third-order valence-electron chi connectivity index (χ3n) is 4.78. The minimum atomic E-state index is -0.409. The lowest BCUT2D eigenvalue weighted by Gasteiger charge is -2.14. The quantitative estimate of drug-likeness (QED) is 0.650. The topological polar surface area (TPSA) is 84.7 Å². The number of aromatic nitrogens is 4. The lowest BCUT2D eigenvalue weighted by atomic mass is 10.1. The Morgan fingerprint density at radius 3 is 2.63 bits per heavy atom. The first kappa shape index (κ1) is 19.4. The minimum absolute atomic E-state index is 0.0858. The summed E-state index contributed by atoms with van der Waals surface area (Å²) >= 11 is 5.94. The molecule has 0 aliphatic rings. The predicted octanol–water partition coefficient (Wildman–Crippen LogP) is 2.73. The molecule has 0 saturated heterocycles. The molecule has 0 amide bonds. The molecule has 0 radical (unpaired) electrons. The highest BCUT2D eigenvalue weighted by molar-refractivity contribution is 6.30. The summed E-state index contributed by atoms with van der Waals surface area (Å²) in [6.07, 6.45) is 1.80. The second kappa shape index (κ2) is 8.10. The summed E-state index contributed by atoms with van der Waals surface area (Å²) in [6.45, 7) is 5.11. The number of halogens is 1. The third-order valence-corrected chi connectivity index (χ3v) is 5.03. The van der Waals surface area contributed by atoms with Crippen LogP contribution in [0, 0.1) is 0 Å². The molecule has 0 spiro atoms. The van der Waals surface area contributed by atoms with Crippen LogP contribution >= 0.6 is 11.6 Å². The molecule has 0 bridgehead atoms. The molecule has 3 aromatic rings. The molecule has 2 N–H and O–H groups in total. The van der Waals surface area contributed by atoms with Crippen molar-refractivity contribution < 1.29 is 0 Å². The van der Waals surface area contributed by atoms with Crippen molar-refractivity contribution in [2.45, 2.75) is 45.8 Å². The summed E-state index contributed by atoms with van der Waals surface area (Å²) in [5, 5.41) is 4.11. The van der Waals surface area contributed by atoms with E-state index in [1.165, 1.54) is 0 Å². The van der Waals surface area contributed by atoms with Crippen molar-refractivity contribution in [3.05, 3.63) is 61.5 Å². The van der Waals surface area contributed by atoms with Crippen LogP contribution in [0.3, 0.4) is 0 Å². The van der Waals surface area contributed by atoms with Gasteiger partial charge in [-0.05, 0) is 31.0 Å². The number of fused-ring (bicyclic) bond motifs is 1. The summed E-state index contributed by atoms with van der Waals surface area (Å²) in [4.78, 5) is 31.5. The second-order valence-corrected chi connectivity index (χ2v) is 7.11. The fourth-order valence-corrected chi connectivity index (χ4v) is 3.21. The largest absolute Gasteiger partial charge is 0.330 e. The molecule has 0 aliphatic heterocycles. The zero-order valence-electron chi connectivity index (χ0n) is 15.8. The highest BCUT2D eigenvalue weighted by atomic mass is 35.5. The normalized spacial score (nSPS) is 12.6. The average Bonchev–Trinajstić information content (AvgIpc) is 2.97. The van der Waals surface area contributed by atoms with Gasteiger partial charge in [-0.3, -0.25) is 14.3 Å². The number of aryl methyl sites for hydroxylation is 2. The van der Waals surface area contributed by atoms with Gasteiger partial charge in [0, 0.05) is 24.7 Å². The van der Waals surface area contributed by atoms with Gasteiger partial charge in [0.1, 0.15) is 5.82 Å². The van der Waals surface area contributed by atoms with Crippen LogP contribution in [-0.2, 0) is 20.1 Å². The summed E-state index contributed by atoms with van der Waals surface area (Å²) < 4.78 is 3.30. The van der Waals surface area contributed by atoms with E-state index in [1.807, 2.05) is 24.3 Å². The Bertz CT molecular complexity index is 1050. The van der Waals surface area contributed by atoms with Crippen molar-refractivity contribution in [2.75, 3.05) is 0 Å². The number of rotatable bonds is 7. The molecule has 144 valence electrons. The molecular weight excluding hydrogens is 366 g/mol. The standard InChI is InChI=1S/C19H24ClN5O2/c1-4-5-10-25-17-16(18(26)23-19(25)27)24(3)15(22-17)11-21-12(2)13-6-8-14(20)9-7-13/h6-9,12,21H,4-5,10-11H2,1-3H3,(H,23,26,27). The number of aromatic amines is 1. The SMILES string of the molecule is CCCCn1c(=O)[nH]c(=O)c2c1nc(CNC(C)c1ccc(Cl)cc1)n2C. The van der Waals surface area contributed by atoms with Crippen molar-refractivity contribution in [3.63, 3.8) is 0 Å². The van der Waals surface area contributed by atoms with Crippen LogP contribution in [0.25, 0.3) is 11.2 Å². The number of imidazole rings is 1. The van der Waals surface area contributed by atoms with E-state index in [0.717, 1.165) is 18.4 Å². The molecule has 0 saturated carbocycles. The molecule has 27 heavy (non-hydrogen) atoms. The number of nitrogens with zero attached hydrogens (tertiary/aromatic N) is 3. The van der Waals surface area contributed by atoms with E-state index in [2.05, 4.69) is 29.1 Å². The summed E-state index contributed by atoms with van der Waals surface area (Å²) in [6, 6.07) is 7.75. The summed E-state index contributed by atoms with van der Waals surface area (Å²) in [5.41, 5.74) is 1.15. The Balaban J connectivity index is 1.90. The molecule has 0 fully saturated rings. The van der Waals surface area contributed by atoms with Crippen molar-refractivity contribution in [2.24, 2.45) is 7.05 Å². The van der Waals surface area contributed by atoms with Gasteiger partial charge in [-0.1, -0.05) is 37.1 Å². The number of unbranched alkanes of at least 4 members (excludes halogenated alkanes) is 1. The van der Waals surface area contributed by atoms with Gasteiger partial charge in [0.2, 0.25) is 0 Å². The summed E-state index contributed by atoms with van der Waals surface area (Å²) in [7, 11) is 1.79. The van der Waals surface area contributed by atoms with Crippen LogP contribution in [0.1, 0.15) is 44.1 Å². The van der Waals surface area contributed by atoms with Gasteiger partial charge >= 0.3 is 5.69 Å². The monoisotopic (exact) mass is 389 g/mol. The van der Waals surface area contributed by atoms with Crippen LogP contribution in [0.2, 0.25) is 5.02 Å². The highest BCUT2D eigenvalue weighted by Gasteiger charge is 2.17. The first-order chi connectivity index (χ1) is 12.9. The highest BCUT2D eigenvalue weighted by Crippen LogP contribution is 2.17. The van der Waals surface area contributed by atoms with Gasteiger partial charge in [0.15, 0.2) is 11.2 Å². The van der Waals surface area contributed by atoms with E-state index in [1.54, 1.807) is 16.2 Å². The van der Waals surface area contributed by atoms with E-state index >= 15 is 0 Å². The molecule has 0 aliphatic carbocycles. The molecule has 1 atom stereocenters. The van der Waals surface area contributed by atoms with E-state index in [9.17, 15) is 9.59 Å². The van der Waals surface area contributed by atoms with Gasteiger partial charge in [-0.2, -0.15) is 0 Å². The maximum absolute atomic E-state index is 12.3. The molecule has 3 rings (SSSR count). The first-order valence-electron chi connectivity index (χ1n) is 9.09. The molecule has 7 nitrogen and oxygen atoms in total. The summed E-state index contributed by atoms with van der Waals surface area (Å²) in [5.74, 6) is 0.701. The average molecular weight is 390 g/mol. The first-order valence-corrected chi connectivity index (χ1v) is 9.47. The Morgan fingerprint density at radius 2 is 1.96 bits per heavy atom. The maximum atomic E-state index is 12.3. The lowest BCUT2D eigenvalue weighted by molar-refractivity contribution is 0.550. The Hall–Kier alpha value is -2.38. The van der Waals surface area contributed by atoms with E-state index in [4.69, 9.17) is 11.6 Å². The van der Waals surface area contributed by atoms with Crippen molar-refractivity contribution in [3.8, 4) is 0 Å². The van der Waals surface area contributed by atoms with Crippen LogP contribution in [-0.4, -0.2) is 19.1 Å². The van der Waals surface area contributed by atoms with Crippen LogP contribution in [0.15, 0.2) is 33.9 Å². The van der Waals surface area contributed by atoms with Gasteiger partial charge < -0.3 is 9.88 Å². The van der Waals surface area contributed by atoms with Gasteiger partial charge in [0.05, 0.1) is 6.54 Å². The van der Waals surface area contributed by atoms with Crippen molar-refractivity contribution >= 4 is 22.8 Å². The van der Waals surface area contributed by atoms with Crippen LogP contribution in [0.4, 0.5) is 0 Å². The number of hydrogen-bond acceptors (Lipinski definition) is 4. The molecule has 2 heterocycles. The van der Waals surface area contributed by atoms with Gasteiger partial charge in [-0.25, -0.2) is 9.78 Å². The minimum Gasteiger partial charge on any atom is -0.324 e. The Kier molecular flexibility index (Phi) is 5.82. The fourth-order valence-electron chi connectivity index (χ4n) is 3.09. The van der Waals surface area contributed by atoms with Crippen molar-refractivity contribution in [1.82, 2.24) is 24.4 Å². The van der Waals surface area contributed by atoms with Crippen LogP contribution < -0.4 is 16.6 Å². The molecular formula is C19H24ClN5O2. The number of nitrogens with one attached hydrogen (secondary N) is 2. The van der Waals surface area contributed by atoms with E-state index < -0.39 is 11.2 Å². The smallest absolute Gasteiger partial charge is 0.324 e. The Labute approximate surface area is 162 Å².